The van der Waals surface area contributed by atoms with Crippen molar-refractivity contribution in [3.8, 4) is 0 Å². The Morgan fingerprint density at radius 3 is 1.89 bits per heavy atom. The van der Waals surface area contributed by atoms with Crippen molar-refractivity contribution in [1.29, 1.82) is 0 Å². The number of rotatable bonds is 3. The Kier molecular flexibility index (Phi) is 3.45. The summed E-state index contributed by atoms with van der Waals surface area (Å²) in [6, 6.07) is 16.6. The summed E-state index contributed by atoms with van der Waals surface area (Å²) in [6.45, 7) is 7.15. The van der Waals surface area contributed by atoms with Gasteiger partial charge in [0.25, 0.3) is 9.84 Å². The molecular formula is C14H11NO2S. The van der Waals surface area contributed by atoms with Crippen LogP contribution >= 0.6 is 0 Å². The van der Waals surface area contributed by atoms with Gasteiger partial charge in [0.2, 0.25) is 0 Å². The lowest BCUT2D eigenvalue weighted by Crippen LogP contribution is -2.10. The summed E-state index contributed by atoms with van der Waals surface area (Å²) in [4.78, 5) is 3.44. The molecule has 2 aromatic carbocycles. The summed E-state index contributed by atoms with van der Waals surface area (Å²) < 4.78 is 24.7. The second-order valence-electron chi connectivity index (χ2n) is 3.75. The van der Waals surface area contributed by atoms with Gasteiger partial charge in [-0.25, -0.2) is 15.0 Å². The largest absolute Gasteiger partial charge is 0.350 e. The van der Waals surface area contributed by atoms with Crippen molar-refractivity contribution in [2.45, 2.75) is 10.3 Å². The Labute approximate surface area is 106 Å². The summed E-state index contributed by atoms with van der Waals surface area (Å²) >= 11 is 0. The number of sulfone groups is 1. The molecule has 0 unspecified atom stereocenters. The summed E-state index contributed by atoms with van der Waals surface area (Å²) in [6.07, 6.45) is 0. The molecule has 0 aromatic heterocycles. The average Bonchev–Trinajstić information content (AvgIpc) is 2.41. The molecule has 0 amide bonds. The first-order chi connectivity index (χ1) is 8.66. The van der Waals surface area contributed by atoms with Gasteiger partial charge in [0, 0.05) is 0 Å². The molecule has 1 atom stereocenters. The molecule has 2 aromatic rings. The fourth-order valence-corrected chi connectivity index (χ4v) is 3.13. The molecule has 4 heteroatoms. The van der Waals surface area contributed by atoms with Gasteiger partial charge in [-0.15, -0.1) is 0 Å². The quantitative estimate of drug-likeness (QED) is 0.792. The highest BCUT2D eigenvalue weighted by Crippen LogP contribution is 2.29. The van der Waals surface area contributed by atoms with E-state index in [0.717, 1.165) is 0 Å². The maximum absolute atomic E-state index is 12.4. The molecule has 0 radical (unpaired) electrons. The lowest BCUT2D eigenvalue weighted by atomic mass is 10.2. The molecular weight excluding hydrogens is 246 g/mol. The number of benzene rings is 2. The van der Waals surface area contributed by atoms with Crippen LogP contribution in [0.4, 0.5) is 0 Å². The lowest BCUT2D eigenvalue weighted by Gasteiger charge is -2.07. The third kappa shape index (κ3) is 2.27. The van der Waals surface area contributed by atoms with Gasteiger partial charge in [-0.1, -0.05) is 48.5 Å². The van der Waals surface area contributed by atoms with Gasteiger partial charge in [0.05, 0.1) is 10.5 Å². The van der Waals surface area contributed by atoms with E-state index < -0.39 is 15.2 Å². The van der Waals surface area contributed by atoms with E-state index in [9.17, 15) is 8.42 Å². The Bertz CT molecular complexity index is 658. The van der Waals surface area contributed by atoms with Crippen LogP contribution in [-0.2, 0) is 9.84 Å². The van der Waals surface area contributed by atoms with Crippen LogP contribution in [0.2, 0.25) is 0 Å². The number of nitrogens with zero attached hydrogens (tertiary/aromatic N) is 1. The average molecular weight is 257 g/mol. The summed E-state index contributed by atoms with van der Waals surface area (Å²) in [5, 5.41) is -1.18. The molecule has 0 saturated carbocycles. The van der Waals surface area contributed by atoms with Gasteiger partial charge in [0.1, 0.15) is 0 Å². The lowest BCUT2D eigenvalue weighted by molar-refractivity contribution is 0.590. The van der Waals surface area contributed by atoms with Gasteiger partial charge >= 0.3 is 5.37 Å². The molecule has 0 spiro atoms. The fraction of sp³-hybridized carbons (Fsp3) is 0.0714. The van der Waals surface area contributed by atoms with E-state index in [1.54, 1.807) is 48.5 Å². The monoisotopic (exact) mass is 257 g/mol. The van der Waals surface area contributed by atoms with Crippen LogP contribution in [-0.4, -0.2) is 8.42 Å². The van der Waals surface area contributed by atoms with Crippen LogP contribution < -0.4 is 0 Å². The van der Waals surface area contributed by atoms with Crippen molar-refractivity contribution in [3.05, 3.63) is 77.6 Å². The van der Waals surface area contributed by atoms with Crippen LogP contribution in [0.3, 0.4) is 0 Å². The van der Waals surface area contributed by atoms with E-state index in [4.69, 9.17) is 6.57 Å². The molecule has 0 fully saturated rings. The Balaban J connectivity index is 2.50. The zero-order chi connectivity index (χ0) is 13.0. The minimum Gasteiger partial charge on any atom is -0.291 e. The van der Waals surface area contributed by atoms with E-state index in [1.165, 1.54) is 12.1 Å². The molecule has 0 saturated heterocycles. The van der Waals surface area contributed by atoms with Crippen LogP contribution in [0.1, 0.15) is 10.9 Å². The van der Waals surface area contributed by atoms with Crippen molar-refractivity contribution < 1.29 is 8.42 Å². The van der Waals surface area contributed by atoms with Gasteiger partial charge in [-0.05, 0) is 12.1 Å². The zero-order valence-electron chi connectivity index (χ0n) is 9.52. The van der Waals surface area contributed by atoms with Crippen LogP contribution in [0, 0.1) is 6.57 Å². The predicted octanol–water partition coefficient (Wildman–Crippen LogP) is 3.08. The molecule has 3 nitrogen and oxygen atoms in total. The SMILES string of the molecule is [C-]#[N+][C@@H](c1ccccc1)S(=O)(=O)c1ccccc1. The van der Waals surface area contributed by atoms with E-state index in [2.05, 4.69) is 4.85 Å². The summed E-state index contributed by atoms with van der Waals surface area (Å²) in [5.41, 5.74) is 0.497. The first-order valence-corrected chi connectivity index (χ1v) is 6.91. The molecule has 90 valence electrons. The number of hydrogen-bond acceptors (Lipinski definition) is 2. The van der Waals surface area contributed by atoms with Crippen molar-refractivity contribution >= 4 is 9.84 Å². The highest BCUT2D eigenvalue weighted by Gasteiger charge is 2.33. The fourth-order valence-electron chi connectivity index (χ4n) is 1.68. The second kappa shape index (κ2) is 5.03. The Morgan fingerprint density at radius 2 is 1.39 bits per heavy atom. The molecule has 18 heavy (non-hydrogen) atoms. The van der Waals surface area contributed by atoms with Crippen LogP contribution in [0.25, 0.3) is 4.85 Å². The van der Waals surface area contributed by atoms with Gasteiger partial charge in [-0.2, -0.15) is 0 Å². The normalized spacial score (nSPS) is 12.6. The van der Waals surface area contributed by atoms with Crippen LogP contribution in [0.5, 0.6) is 0 Å². The molecule has 0 aliphatic heterocycles. The highest BCUT2D eigenvalue weighted by atomic mass is 32.2. The molecule has 0 aliphatic rings. The van der Waals surface area contributed by atoms with Crippen molar-refractivity contribution in [1.82, 2.24) is 0 Å². The minimum absolute atomic E-state index is 0.176. The summed E-state index contributed by atoms with van der Waals surface area (Å²) in [7, 11) is -3.66. The standard InChI is InChI=1S/C14H11NO2S/c1-15-14(12-8-4-2-5-9-12)18(16,17)13-10-6-3-7-11-13/h2-11,14H/t14-/m1/s1. The second-order valence-corrected chi connectivity index (χ2v) is 5.76. The minimum atomic E-state index is -3.66. The van der Waals surface area contributed by atoms with Gasteiger partial charge in [0.15, 0.2) is 0 Å². The molecule has 0 heterocycles. The van der Waals surface area contributed by atoms with Gasteiger partial charge < -0.3 is 0 Å². The molecule has 0 aliphatic carbocycles. The zero-order valence-corrected chi connectivity index (χ0v) is 10.3. The number of hydrogen-bond donors (Lipinski definition) is 0. The molecule has 0 bridgehead atoms. The Morgan fingerprint density at radius 1 is 0.889 bits per heavy atom. The van der Waals surface area contributed by atoms with E-state index in [0.29, 0.717) is 5.56 Å². The Hall–Kier alpha value is -2.12. The third-order valence-corrected chi connectivity index (χ3v) is 4.46. The van der Waals surface area contributed by atoms with Crippen molar-refractivity contribution in [2.24, 2.45) is 0 Å². The van der Waals surface area contributed by atoms with Crippen molar-refractivity contribution in [3.63, 3.8) is 0 Å². The third-order valence-electron chi connectivity index (χ3n) is 2.57. The maximum atomic E-state index is 12.4. The van der Waals surface area contributed by atoms with Gasteiger partial charge in [-0.3, -0.25) is 4.85 Å². The molecule has 2 rings (SSSR count). The van der Waals surface area contributed by atoms with E-state index >= 15 is 0 Å². The maximum Gasteiger partial charge on any atom is 0.350 e. The first kappa shape index (κ1) is 12.3. The molecule has 0 N–H and O–H groups in total. The summed E-state index contributed by atoms with van der Waals surface area (Å²) in [5.74, 6) is 0. The topological polar surface area (TPSA) is 38.5 Å². The van der Waals surface area contributed by atoms with E-state index in [1.807, 2.05) is 0 Å². The van der Waals surface area contributed by atoms with Crippen molar-refractivity contribution in [2.75, 3.05) is 0 Å². The van der Waals surface area contributed by atoms with E-state index in [-0.39, 0.29) is 4.90 Å². The predicted molar refractivity (Wildman–Crippen MR) is 69.4 cm³/mol. The van der Waals surface area contributed by atoms with Crippen LogP contribution in [0.15, 0.2) is 65.6 Å². The highest BCUT2D eigenvalue weighted by molar-refractivity contribution is 7.91. The smallest absolute Gasteiger partial charge is 0.291 e. The first-order valence-electron chi connectivity index (χ1n) is 5.37.